The lowest BCUT2D eigenvalue weighted by Crippen LogP contribution is -2.52. The molecule has 3 atom stereocenters. The number of hydrogen-bond acceptors (Lipinski definition) is 4. The van der Waals surface area contributed by atoms with Crippen LogP contribution in [0, 0.1) is 11.8 Å². The van der Waals surface area contributed by atoms with E-state index in [9.17, 15) is 31.5 Å². The molecule has 0 bridgehead atoms. The smallest absolute Gasteiger partial charge is 0.418 e. The number of nitrogens with one attached hydrogen (secondary N) is 1. The molecular weight excluding hydrogens is 475 g/mol. The molecule has 2 amide bonds. The van der Waals surface area contributed by atoms with E-state index in [1.165, 1.54) is 12.3 Å². The minimum atomic E-state index is -4.55. The molecule has 2 fully saturated rings. The number of alkyl halides is 5. The number of pyridine rings is 1. The molecule has 1 aromatic heterocycles. The highest BCUT2D eigenvalue weighted by Gasteiger charge is 2.47. The Hall–Kier alpha value is -3.18. The topological polar surface area (TPSA) is 85.8 Å². The lowest BCUT2D eigenvalue weighted by atomic mass is 9.89. The van der Waals surface area contributed by atoms with Crippen LogP contribution in [0.5, 0.6) is 0 Å². The molecular formula is C23H25F5N4O3. The number of carbonyl (C=O) groups is 2. The van der Waals surface area contributed by atoms with Gasteiger partial charge in [-0.15, -0.1) is 0 Å². The highest BCUT2D eigenvalue weighted by Crippen LogP contribution is 2.39. The summed E-state index contributed by atoms with van der Waals surface area (Å²) in [5.74, 6) is -5.22. The predicted octanol–water partition coefficient (Wildman–Crippen LogP) is 4.22. The van der Waals surface area contributed by atoms with Crippen LogP contribution in [0.1, 0.15) is 25.3 Å². The molecule has 190 valence electrons. The average Bonchev–Trinajstić information content (AvgIpc) is 3.13. The molecule has 3 heterocycles. The van der Waals surface area contributed by atoms with Crippen LogP contribution in [-0.2, 0) is 11.0 Å². The molecule has 12 heteroatoms. The predicted molar refractivity (Wildman–Crippen MR) is 117 cm³/mol. The van der Waals surface area contributed by atoms with Crippen molar-refractivity contribution in [1.82, 2.24) is 15.2 Å². The van der Waals surface area contributed by atoms with Crippen LogP contribution in [0.15, 0.2) is 30.5 Å². The Morgan fingerprint density at radius 2 is 1.97 bits per heavy atom. The molecule has 2 saturated heterocycles. The Bertz CT molecular complexity index is 1130. The molecule has 2 N–H and O–H groups in total. The maximum absolute atomic E-state index is 14.4. The van der Waals surface area contributed by atoms with Crippen LogP contribution in [-0.4, -0.2) is 65.1 Å². The summed E-state index contributed by atoms with van der Waals surface area (Å²) in [7, 11) is 0. The first kappa shape index (κ1) is 24.9. The number of rotatable bonds is 4. The number of hydrogen-bond donors (Lipinski definition) is 2. The lowest BCUT2D eigenvalue weighted by molar-refractivity contribution is -0.136. The third-order valence-corrected chi connectivity index (χ3v) is 6.80. The van der Waals surface area contributed by atoms with Crippen molar-refractivity contribution in [2.75, 3.05) is 31.1 Å². The van der Waals surface area contributed by atoms with Gasteiger partial charge in [0.25, 0.3) is 5.92 Å². The largest absolute Gasteiger partial charge is 0.465 e. The average molecular weight is 500 g/mol. The lowest BCUT2D eigenvalue weighted by Gasteiger charge is -2.36. The zero-order valence-corrected chi connectivity index (χ0v) is 18.9. The molecule has 4 rings (SSSR count). The quantitative estimate of drug-likeness (QED) is 0.615. The Labute approximate surface area is 197 Å². The molecule has 0 saturated carbocycles. The van der Waals surface area contributed by atoms with Gasteiger partial charge in [-0.2, -0.15) is 13.2 Å². The van der Waals surface area contributed by atoms with Crippen molar-refractivity contribution in [2.24, 2.45) is 11.8 Å². The van der Waals surface area contributed by atoms with Crippen molar-refractivity contribution in [3.63, 3.8) is 0 Å². The Morgan fingerprint density at radius 3 is 2.63 bits per heavy atom. The summed E-state index contributed by atoms with van der Waals surface area (Å²) >= 11 is 0. The third kappa shape index (κ3) is 5.10. The third-order valence-electron chi connectivity index (χ3n) is 6.80. The molecule has 2 aliphatic rings. The number of nitrogens with zero attached hydrogens (tertiary/aromatic N) is 3. The number of halogens is 5. The highest BCUT2D eigenvalue weighted by molar-refractivity contribution is 5.94. The Morgan fingerprint density at radius 1 is 1.23 bits per heavy atom. The standard InChI is InChI=1S/C23H25F5N4O3/c1-13-10-32(18-5-4-16(23(26,27)28)20-15(18)3-2-7-29-20)11-17(13)30-19(33)9-14-6-8-31(21(34)35)12-22(14,24)25/h2-5,7,13-14,17H,6,8-12H2,1H3,(H,30,33)(H,34,35)/t13-,14?,17+/m1/s1. The van der Waals surface area contributed by atoms with Gasteiger partial charge in [-0.1, -0.05) is 6.92 Å². The van der Waals surface area contributed by atoms with E-state index >= 15 is 0 Å². The van der Waals surface area contributed by atoms with Crippen LogP contribution >= 0.6 is 0 Å². The zero-order chi connectivity index (χ0) is 25.5. The van der Waals surface area contributed by atoms with Crippen molar-refractivity contribution >= 4 is 28.6 Å². The second kappa shape index (κ2) is 9.12. The minimum Gasteiger partial charge on any atom is -0.465 e. The van der Waals surface area contributed by atoms with Gasteiger partial charge < -0.3 is 20.2 Å². The highest BCUT2D eigenvalue weighted by atomic mass is 19.4. The molecule has 1 aromatic carbocycles. The van der Waals surface area contributed by atoms with Crippen molar-refractivity contribution in [1.29, 1.82) is 0 Å². The number of piperidine rings is 1. The maximum Gasteiger partial charge on any atom is 0.418 e. The van der Waals surface area contributed by atoms with Gasteiger partial charge in [-0.3, -0.25) is 9.78 Å². The summed E-state index contributed by atoms with van der Waals surface area (Å²) in [5.41, 5.74) is -0.436. The van der Waals surface area contributed by atoms with Gasteiger partial charge in [0.2, 0.25) is 5.91 Å². The number of carbonyl (C=O) groups excluding carboxylic acids is 1. The van der Waals surface area contributed by atoms with Gasteiger partial charge in [0, 0.05) is 49.2 Å². The van der Waals surface area contributed by atoms with Gasteiger partial charge in [0.1, 0.15) is 0 Å². The van der Waals surface area contributed by atoms with Crippen molar-refractivity contribution < 1.29 is 36.6 Å². The molecule has 0 aliphatic carbocycles. The summed E-state index contributed by atoms with van der Waals surface area (Å²) < 4.78 is 69.0. The van der Waals surface area contributed by atoms with Gasteiger partial charge in [-0.25, -0.2) is 13.6 Å². The van der Waals surface area contributed by atoms with E-state index in [0.29, 0.717) is 29.1 Å². The Kier molecular flexibility index (Phi) is 6.50. The van der Waals surface area contributed by atoms with Crippen LogP contribution in [0.2, 0.25) is 0 Å². The van der Waals surface area contributed by atoms with Crippen LogP contribution in [0.25, 0.3) is 10.9 Å². The van der Waals surface area contributed by atoms with E-state index in [1.807, 2.05) is 11.8 Å². The number of aromatic nitrogens is 1. The fraction of sp³-hybridized carbons (Fsp3) is 0.522. The minimum absolute atomic E-state index is 0.0640. The summed E-state index contributed by atoms with van der Waals surface area (Å²) in [6, 6.07) is 5.12. The van der Waals surface area contributed by atoms with Crippen molar-refractivity contribution in [3.8, 4) is 0 Å². The van der Waals surface area contributed by atoms with Crippen LogP contribution < -0.4 is 10.2 Å². The van der Waals surface area contributed by atoms with Crippen molar-refractivity contribution in [3.05, 3.63) is 36.0 Å². The van der Waals surface area contributed by atoms with E-state index in [1.54, 1.807) is 12.1 Å². The number of likely N-dealkylation sites (tertiary alicyclic amines) is 1. The van der Waals surface area contributed by atoms with E-state index in [2.05, 4.69) is 10.3 Å². The maximum atomic E-state index is 14.4. The molecule has 2 aliphatic heterocycles. The normalized spacial score (nSPS) is 24.6. The number of benzene rings is 1. The molecule has 7 nitrogen and oxygen atoms in total. The van der Waals surface area contributed by atoms with Gasteiger partial charge in [0.15, 0.2) is 0 Å². The molecule has 0 spiro atoms. The molecule has 1 unspecified atom stereocenters. The summed E-state index contributed by atoms with van der Waals surface area (Å²) in [5, 5.41) is 12.1. The van der Waals surface area contributed by atoms with Gasteiger partial charge >= 0.3 is 12.3 Å². The first-order chi connectivity index (χ1) is 16.4. The molecule has 2 aromatic rings. The molecule has 35 heavy (non-hydrogen) atoms. The van der Waals surface area contributed by atoms with E-state index in [4.69, 9.17) is 5.11 Å². The van der Waals surface area contributed by atoms with E-state index in [-0.39, 0.29) is 30.4 Å². The summed E-state index contributed by atoms with van der Waals surface area (Å²) in [6.07, 6.45) is -5.23. The van der Waals surface area contributed by atoms with Crippen LogP contribution in [0.4, 0.5) is 32.4 Å². The number of anilines is 1. The van der Waals surface area contributed by atoms with E-state index < -0.39 is 48.5 Å². The molecule has 0 radical (unpaired) electrons. The summed E-state index contributed by atoms with van der Waals surface area (Å²) in [6.45, 7) is 1.62. The SMILES string of the molecule is C[C@@H]1CN(c2ccc(C(F)(F)F)c3ncccc23)C[C@@H]1NC(=O)CC1CCN(C(=O)O)CC1(F)F. The van der Waals surface area contributed by atoms with Crippen LogP contribution in [0.3, 0.4) is 0 Å². The monoisotopic (exact) mass is 500 g/mol. The number of fused-ring (bicyclic) bond motifs is 1. The fourth-order valence-corrected chi connectivity index (χ4v) is 4.90. The van der Waals surface area contributed by atoms with E-state index in [0.717, 1.165) is 6.07 Å². The fourth-order valence-electron chi connectivity index (χ4n) is 4.90. The Balaban J connectivity index is 1.45. The van der Waals surface area contributed by atoms with Gasteiger partial charge in [0.05, 0.1) is 23.7 Å². The second-order valence-electron chi connectivity index (χ2n) is 9.24. The zero-order valence-electron chi connectivity index (χ0n) is 18.9. The van der Waals surface area contributed by atoms with Gasteiger partial charge in [-0.05, 0) is 36.6 Å². The number of amides is 2. The first-order valence-electron chi connectivity index (χ1n) is 11.2. The second-order valence-corrected chi connectivity index (χ2v) is 9.24. The first-order valence-corrected chi connectivity index (χ1v) is 11.2. The number of carboxylic acid groups (broad SMARTS) is 1. The van der Waals surface area contributed by atoms with Crippen molar-refractivity contribution in [2.45, 2.75) is 37.9 Å². The summed E-state index contributed by atoms with van der Waals surface area (Å²) in [4.78, 5) is 30.0.